The van der Waals surface area contributed by atoms with Crippen molar-refractivity contribution in [3.63, 3.8) is 0 Å². The molecule has 0 N–H and O–H groups in total. The summed E-state index contributed by atoms with van der Waals surface area (Å²) in [5, 5.41) is 0. The van der Waals surface area contributed by atoms with E-state index in [2.05, 4.69) is 36.3 Å². The SMILES string of the molecule is C#CCOC1CC1[Te]c1ccccc1. The number of rotatable bonds is 4. The molecule has 2 heteroatoms. The van der Waals surface area contributed by atoms with Gasteiger partial charge in [0.25, 0.3) is 0 Å². The van der Waals surface area contributed by atoms with E-state index in [4.69, 9.17) is 11.2 Å². The van der Waals surface area contributed by atoms with Crippen LogP contribution in [0.3, 0.4) is 0 Å². The summed E-state index contributed by atoms with van der Waals surface area (Å²) in [4.78, 5) is 0. The molecule has 0 radical (unpaired) electrons. The molecule has 1 aliphatic rings. The van der Waals surface area contributed by atoms with Crippen LogP contribution >= 0.6 is 0 Å². The van der Waals surface area contributed by atoms with Crippen molar-refractivity contribution in [2.45, 2.75) is 16.5 Å². The summed E-state index contributed by atoms with van der Waals surface area (Å²) >= 11 is -0.0542. The van der Waals surface area contributed by atoms with Crippen molar-refractivity contribution in [1.82, 2.24) is 0 Å². The first-order valence-electron chi connectivity index (χ1n) is 4.67. The monoisotopic (exact) mass is 302 g/mol. The summed E-state index contributed by atoms with van der Waals surface area (Å²) in [5.74, 6) is 2.52. The van der Waals surface area contributed by atoms with E-state index in [1.807, 2.05) is 0 Å². The van der Waals surface area contributed by atoms with Crippen molar-refractivity contribution < 1.29 is 4.74 Å². The van der Waals surface area contributed by atoms with E-state index >= 15 is 0 Å². The van der Waals surface area contributed by atoms with E-state index in [0.29, 0.717) is 12.7 Å². The molecule has 0 bridgehead atoms. The maximum atomic E-state index is 5.48. The van der Waals surface area contributed by atoms with Gasteiger partial charge in [0, 0.05) is 0 Å². The Hall–Kier alpha value is -0.470. The molecule has 1 saturated carbocycles. The van der Waals surface area contributed by atoms with Crippen molar-refractivity contribution in [2.75, 3.05) is 6.61 Å². The standard InChI is InChI=1S/C12H12OTe/c1-2-8-13-11-9-12(11)14-10-6-4-3-5-7-10/h1,3-7,11-12H,8-9H2. The average Bonchev–Trinajstić information content (AvgIpc) is 2.95. The quantitative estimate of drug-likeness (QED) is 0.600. The molecule has 1 aliphatic carbocycles. The molecule has 2 unspecified atom stereocenters. The first-order valence-corrected chi connectivity index (χ1v) is 7.18. The van der Waals surface area contributed by atoms with Gasteiger partial charge in [0.1, 0.15) is 0 Å². The van der Waals surface area contributed by atoms with Crippen LogP contribution in [0.1, 0.15) is 6.42 Å². The number of hydrogen-bond acceptors (Lipinski definition) is 1. The van der Waals surface area contributed by atoms with Crippen molar-refractivity contribution in [3.8, 4) is 12.3 Å². The Labute approximate surface area is 94.9 Å². The summed E-state index contributed by atoms with van der Waals surface area (Å²) in [5.41, 5.74) is 0. The molecule has 1 nitrogen and oxygen atoms in total. The Balaban J connectivity index is 1.77. The van der Waals surface area contributed by atoms with Crippen LogP contribution in [0.2, 0.25) is 3.97 Å². The Kier molecular flexibility index (Phi) is 3.49. The van der Waals surface area contributed by atoms with Crippen LogP contribution in [0.25, 0.3) is 0 Å². The zero-order valence-electron chi connectivity index (χ0n) is 7.85. The van der Waals surface area contributed by atoms with Gasteiger partial charge in [-0.05, 0) is 0 Å². The first-order chi connectivity index (χ1) is 6.90. The van der Waals surface area contributed by atoms with E-state index in [1.165, 1.54) is 10.0 Å². The third-order valence-corrected chi connectivity index (χ3v) is 5.92. The molecule has 0 aliphatic heterocycles. The van der Waals surface area contributed by atoms with E-state index in [1.54, 1.807) is 0 Å². The second-order valence-electron chi connectivity index (χ2n) is 3.26. The fraction of sp³-hybridized carbons (Fsp3) is 0.333. The molecular weight excluding hydrogens is 288 g/mol. The van der Waals surface area contributed by atoms with Gasteiger partial charge in [-0.2, -0.15) is 0 Å². The topological polar surface area (TPSA) is 9.23 Å². The van der Waals surface area contributed by atoms with Crippen LogP contribution < -0.4 is 3.61 Å². The molecule has 0 aromatic heterocycles. The maximum absolute atomic E-state index is 5.48. The normalized spacial score (nSPS) is 24.2. The molecule has 2 rings (SSSR count). The van der Waals surface area contributed by atoms with Crippen molar-refractivity contribution in [1.29, 1.82) is 0 Å². The van der Waals surface area contributed by atoms with E-state index in [-0.39, 0.29) is 20.9 Å². The molecule has 0 amide bonds. The van der Waals surface area contributed by atoms with Gasteiger partial charge in [0.15, 0.2) is 0 Å². The van der Waals surface area contributed by atoms with Crippen molar-refractivity contribution in [3.05, 3.63) is 30.3 Å². The molecule has 2 atom stereocenters. The fourth-order valence-electron chi connectivity index (χ4n) is 1.28. The van der Waals surface area contributed by atoms with Gasteiger partial charge < -0.3 is 0 Å². The summed E-state index contributed by atoms with van der Waals surface area (Å²) in [6, 6.07) is 10.7. The minimum absolute atomic E-state index is 0.0542. The molecular formula is C12H12OTe. The first kappa shape index (κ1) is 10.1. The van der Waals surface area contributed by atoms with Crippen LogP contribution in [0, 0.1) is 12.3 Å². The predicted molar refractivity (Wildman–Crippen MR) is 58.8 cm³/mol. The Bertz CT molecular complexity index is 328. The second kappa shape index (κ2) is 4.85. The minimum atomic E-state index is -0.0542. The molecule has 1 fully saturated rings. The number of hydrogen-bond donors (Lipinski definition) is 0. The zero-order valence-corrected chi connectivity index (χ0v) is 10.2. The Morgan fingerprint density at radius 2 is 2.21 bits per heavy atom. The molecule has 0 heterocycles. The van der Waals surface area contributed by atoms with Crippen LogP contribution in [-0.2, 0) is 4.74 Å². The van der Waals surface area contributed by atoms with Gasteiger partial charge >= 0.3 is 95.0 Å². The Morgan fingerprint density at radius 3 is 2.93 bits per heavy atom. The molecule has 14 heavy (non-hydrogen) atoms. The molecule has 1 aromatic carbocycles. The second-order valence-corrected chi connectivity index (χ2v) is 7.00. The average molecular weight is 300 g/mol. The van der Waals surface area contributed by atoms with Gasteiger partial charge in [-0.1, -0.05) is 0 Å². The summed E-state index contributed by atoms with van der Waals surface area (Å²) in [6.07, 6.45) is 6.83. The van der Waals surface area contributed by atoms with Gasteiger partial charge in [-0.25, -0.2) is 0 Å². The van der Waals surface area contributed by atoms with Gasteiger partial charge in [-0.3, -0.25) is 0 Å². The number of terminal acetylenes is 1. The summed E-state index contributed by atoms with van der Waals surface area (Å²) < 4.78 is 7.82. The molecule has 1 aromatic rings. The number of benzene rings is 1. The van der Waals surface area contributed by atoms with Crippen LogP contribution in [0.15, 0.2) is 30.3 Å². The van der Waals surface area contributed by atoms with Crippen LogP contribution in [-0.4, -0.2) is 33.6 Å². The van der Waals surface area contributed by atoms with Crippen LogP contribution in [0.4, 0.5) is 0 Å². The fourth-order valence-corrected chi connectivity index (χ4v) is 4.65. The zero-order chi connectivity index (χ0) is 9.80. The number of ether oxygens (including phenoxy) is 1. The third-order valence-electron chi connectivity index (χ3n) is 2.09. The summed E-state index contributed by atoms with van der Waals surface area (Å²) in [6.45, 7) is 0.475. The van der Waals surface area contributed by atoms with E-state index < -0.39 is 0 Å². The van der Waals surface area contributed by atoms with E-state index in [0.717, 1.165) is 3.97 Å². The van der Waals surface area contributed by atoms with Crippen LogP contribution in [0.5, 0.6) is 0 Å². The molecule has 0 spiro atoms. The van der Waals surface area contributed by atoms with Crippen molar-refractivity contribution in [2.24, 2.45) is 0 Å². The Morgan fingerprint density at radius 1 is 1.43 bits per heavy atom. The van der Waals surface area contributed by atoms with E-state index in [9.17, 15) is 0 Å². The van der Waals surface area contributed by atoms with Gasteiger partial charge in [0.05, 0.1) is 0 Å². The van der Waals surface area contributed by atoms with Gasteiger partial charge in [-0.15, -0.1) is 0 Å². The molecule has 0 saturated heterocycles. The van der Waals surface area contributed by atoms with Gasteiger partial charge in [0.2, 0.25) is 0 Å². The third kappa shape index (κ3) is 2.76. The van der Waals surface area contributed by atoms with Crippen molar-refractivity contribution >= 4 is 24.5 Å². The molecule has 72 valence electrons. The predicted octanol–water partition coefficient (Wildman–Crippen LogP) is 1.23. The summed E-state index contributed by atoms with van der Waals surface area (Å²) in [7, 11) is 0.